The number of benzene rings is 1. The van der Waals surface area contributed by atoms with E-state index in [0.717, 1.165) is 51.0 Å². The van der Waals surface area contributed by atoms with Gasteiger partial charge in [-0.3, -0.25) is 4.79 Å². The predicted octanol–water partition coefficient (Wildman–Crippen LogP) is 1.58. The van der Waals surface area contributed by atoms with Gasteiger partial charge in [0.15, 0.2) is 0 Å². The number of ether oxygens (including phenoxy) is 1. The Labute approximate surface area is 120 Å². The molecule has 1 atom stereocenters. The fourth-order valence-electron chi connectivity index (χ4n) is 3.22. The Morgan fingerprint density at radius 2 is 2.35 bits per heavy atom. The maximum atomic E-state index is 12.8. The van der Waals surface area contributed by atoms with Crippen molar-refractivity contribution in [3.63, 3.8) is 0 Å². The molecule has 0 bridgehead atoms. The third kappa shape index (κ3) is 2.58. The van der Waals surface area contributed by atoms with Crippen molar-refractivity contribution in [2.24, 2.45) is 0 Å². The fraction of sp³-hybridized carbons (Fsp3) is 0.562. The minimum absolute atomic E-state index is 0.172. The second-order valence-corrected chi connectivity index (χ2v) is 5.62. The highest BCUT2D eigenvalue weighted by Crippen LogP contribution is 2.22. The molecule has 4 nitrogen and oxygen atoms in total. The van der Waals surface area contributed by atoms with Gasteiger partial charge in [0.05, 0.1) is 6.10 Å². The third-order valence-corrected chi connectivity index (χ3v) is 4.37. The molecular weight excluding hydrogens is 252 g/mol. The number of methoxy groups -OCH3 is 1. The summed E-state index contributed by atoms with van der Waals surface area (Å²) in [4.78, 5) is 14.7. The molecule has 2 aliphatic heterocycles. The fourth-order valence-corrected chi connectivity index (χ4v) is 3.22. The molecule has 1 aromatic carbocycles. The number of nitrogens with one attached hydrogen (secondary N) is 1. The van der Waals surface area contributed by atoms with Gasteiger partial charge < -0.3 is 15.0 Å². The van der Waals surface area contributed by atoms with Crippen molar-refractivity contribution in [1.82, 2.24) is 10.2 Å². The number of rotatable bonds is 2. The van der Waals surface area contributed by atoms with Gasteiger partial charge in [0.25, 0.3) is 5.91 Å². The number of nitrogens with zero attached hydrogens (tertiary/aromatic N) is 1. The van der Waals surface area contributed by atoms with E-state index in [1.807, 2.05) is 17.0 Å². The van der Waals surface area contributed by atoms with E-state index in [1.54, 1.807) is 7.11 Å². The molecule has 0 aromatic heterocycles. The lowest BCUT2D eigenvalue weighted by molar-refractivity contribution is 0.0268. The summed E-state index contributed by atoms with van der Waals surface area (Å²) in [5.41, 5.74) is 3.39. The molecule has 1 aromatic rings. The number of hydrogen-bond donors (Lipinski definition) is 1. The van der Waals surface area contributed by atoms with Crippen LogP contribution in [0.1, 0.15) is 34.3 Å². The van der Waals surface area contributed by atoms with Crippen molar-refractivity contribution >= 4 is 5.91 Å². The van der Waals surface area contributed by atoms with Crippen molar-refractivity contribution in [3.05, 3.63) is 34.9 Å². The van der Waals surface area contributed by atoms with E-state index in [1.165, 1.54) is 11.1 Å². The Morgan fingerprint density at radius 1 is 1.45 bits per heavy atom. The molecule has 1 saturated heterocycles. The molecule has 20 heavy (non-hydrogen) atoms. The summed E-state index contributed by atoms with van der Waals surface area (Å²) in [6.45, 7) is 3.40. The zero-order chi connectivity index (χ0) is 13.9. The number of amides is 1. The molecule has 2 aliphatic rings. The van der Waals surface area contributed by atoms with Crippen molar-refractivity contribution in [2.45, 2.75) is 31.9 Å². The number of piperidine rings is 1. The first-order valence-corrected chi connectivity index (χ1v) is 7.43. The van der Waals surface area contributed by atoms with Gasteiger partial charge in [-0.25, -0.2) is 0 Å². The van der Waals surface area contributed by atoms with Crippen molar-refractivity contribution in [3.8, 4) is 0 Å². The van der Waals surface area contributed by atoms with E-state index in [4.69, 9.17) is 4.74 Å². The standard InChI is InChI=1S/C16H22N2O2/c1-20-13-5-3-9-18(11-13)16(19)15-6-2-4-12-10-17-8-7-14(12)15/h2,4,6,13,17H,3,5,7-11H2,1H3. The Balaban J connectivity index is 1.83. The molecule has 108 valence electrons. The molecule has 1 fully saturated rings. The molecule has 1 unspecified atom stereocenters. The van der Waals surface area contributed by atoms with Crippen LogP contribution >= 0.6 is 0 Å². The summed E-state index contributed by atoms with van der Waals surface area (Å²) in [5, 5.41) is 3.36. The highest BCUT2D eigenvalue weighted by Gasteiger charge is 2.26. The van der Waals surface area contributed by atoms with Crippen molar-refractivity contribution in [1.29, 1.82) is 0 Å². The summed E-state index contributed by atoms with van der Waals surface area (Å²) in [7, 11) is 1.73. The Hall–Kier alpha value is -1.39. The number of hydrogen-bond acceptors (Lipinski definition) is 3. The second kappa shape index (κ2) is 5.94. The van der Waals surface area contributed by atoms with Gasteiger partial charge in [-0.05, 0) is 43.0 Å². The molecule has 4 heteroatoms. The third-order valence-electron chi connectivity index (χ3n) is 4.37. The first-order valence-electron chi connectivity index (χ1n) is 7.43. The van der Waals surface area contributed by atoms with Gasteiger partial charge in [0.2, 0.25) is 0 Å². The van der Waals surface area contributed by atoms with Crippen LogP contribution in [0.4, 0.5) is 0 Å². The molecule has 0 saturated carbocycles. The number of likely N-dealkylation sites (tertiary alicyclic amines) is 1. The largest absolute Gasteiger partial charge is 0.380 e. The van der Waals surface area contributed by atoms with Gasteiger partial charge in [0.1, 0.15) is 0 Å². The van der Waals surface area contributed by atoms with Crippen LogP contribution in [0.3, 0.4) is 0 Å². The summed E-state index contributed by atoms with van der Waals surface area (Å²) >= 11 is 0. The Bertz CT molecular complexity index is 501. The zero-order valence-corrected chi connectivity index (χ0v) is 12.0. The molecule has 0 aliphatic carbocycles. The summed E-state index contributed by atoms with van der Waals surface area (Å²) < 4.78 is 5.42. The van der Waals surface area contributed by atoms with Crippen LogP contribution in [0.25, 0.3) is 0 Å². The van der Waals surface area contributed by atoms with E-state index in [2.05, 4.69) is 11.4 Å². The lowest BCUT2D eigenvalue weighted by Gasteiger charge is -2.33. The van der Waals surface area contributed by atoms with Gasteiger partial charge in [0, 0.05) is 32.3 Å². The maximum absolute atomic E-state index is 12.8. The number of carbonyl (C=O) groups excluding carboxylic acids is 1. The molecular formula is C16H22N2O2. The molecule has 2 heterocycles. The monoisotopic (exact) mass is 274 g/mol. The van der Waals surface area contributed by atoms with E-state index in [9.17, 15) is 4.79 Å². The minimum Gasteiger partial charge on any atom is -0.380 e. The van der Waals surface area contributed by atoms with Crippen molar-refractivity contribution in [2.75, 3.05) is 26.7 Å². The first kappa shape index (κ1) is 13.6. The van der Waals surface area contributed by atoms with Crippen LogP contribution in [0.5, 0.6) is 0 Å². The maximum Gasteiger partial charge on any atom is 0.254 e. The molecule has 3 rings (SSSR count). The van der Waals surface area contributed by atoms with Crippen LogP contribution in [0, 0.1) is 0 Å². The number of carbonyl (C=O) groups is 1. The van der Waals surface area contributed by atoms with Crippen molar-refractivity contribution < 1.29 is 9.53 Å². The predicted molar refractivity (Wildman–Crippen MR) is 77.8 cm³/mol. The van der Waals surface area contributed by atoms with Crippen LogP contribution < -0.4 is 5.32 Å². The van der Waals surface area contributed by atoms with E-state index >= 15 is 0 Å². The topological polar surface area (TPSA) is 41.6 Å². The minimum atomic E-state index is 0.172. The van der Waals surface area contributed by atoms with Gasteiger partial charge in [-0.1, -0.05) is 12.1 Å². The van der Waals surface area contributed by atoms with E-state index in [-0.39, 0.29) is 12.0 Å². The highest BCUT2D eigenvalue weighted by molar-refractivity contribution is 5.96. The normalized spacial score (nSPS) is 22.4. The average molecular weight is 274 g/mol. The Morgan fingerprint density at radius 3 is 3.20 bits per heavy atom. The SMILES string of the molecule is COC1CCCN(C(=O)c2cccc3c2CCNC3)C1. The summed E-state index contributed by atoms with van der Waals surface area (Å²) in [5.74, 6) is 0.172. The second-order valence-electron chi connectivity index (χ2n) is 5.62. The number of fused-ring (bicyclic) bond motifs is 1. The van der Waals surface area contributed by atoms with Crippen LogP contribution in [0.15, 0.2) is 18.2 Å². The smallest absolute Gasteiger partial charge is 0.254 e. The first-order chi connectivity index (χ1) is 9.79. The molecule has 1 N–H and O–H groups in total. The zero-order valence-electron chi connectivity index (χ0n) is 12.0. The quantitative estimate of drug-likeness (QED) is 0.890. The average Bonchev–Trinajstić information content (AvgIpc) is 2.53. The van der Waals surface area contributed by atoms with Gasteiger partial charge in [-0.2, -0.15) is 0 Å². The highest BCUT2D eigenvalue weighted by atomic mass is 16.5. The molecule has 1 amide bonds. The summed E-state index contributed by atoms with van der Waals surface area (Å²) in [6, 6.07) is 6.09. The van der Waals surface area contributed by atoms with Crippen LogP contribution in [0.2, 0.25) is 0 Å². The van der Waals surface area contributed by atoms with Gasteiger partial charge >= 0.3 is 0 Å². The van der Waals surface area contributed by atoms with Crippen LogP contribution in [-0.2, 0) is 17.7 Å². The molecule has 0 spiro atoms. The summed E-state index contributed by atoms with van der Waals surface area (Å²) in [6.07, 6.45) is 3.21. The van der Waals surface area contributed by atoms with Crippen LogP contribution in [-0.4, -0.2) is 43.7 Å². The lowest BCUT2D eigenvalue weighted by atomic mass is 9.94. The Kier molecular flexibility index (Phi) is 4.03. The van der Waals surface area contributed by atoms with E-state index in [0.29, 0.717) is 0 Å². The van der Waals surface area contributed by atoms with E-state index < -0.39 is 0 Å². The lowest BCUT2D eigenvalue weighted by Crippen LogP contribution is -2.43. The van der Waals surface area contributed by atoms with Gasteiger partial charge in [-0.15, -0.1) is 0 Å². The molecule has 0 radical (unpaired) electrons.